The summed E-state index contributed by atoms with van der Waals surface area (Å²) in [5.74, 6) is 3.35. The monoisotopic (exact) mass is 355 g/mol. The summed E-state index contributed by atoms with van der Waals surface area (Å²) in [7, 11) is 3.47. The topological polar surface area (TPSA) is 64.1 Å². The van der Waals surface area contributed by atoms with Crippen LogP contribution in [-0.2, 0) is 12.8 Å². The van der Waals surface area contributed by atoms with Crippen LogP contribution < -0.4 is 24.8 Å². The lowest BCUT2D eigenvalue weighted by Crippen LogP contribution is -2.39. The van der Waals surface area contributed by atoms with Gasteiger partial charge in [0.1, 0.15) is 5.75 Å². The van der Waals surface area contributed by atoms with E-state index < -0.39 is 0 Å². The molecular formula is C20H25N3O3. The van der Waals surface area contributed by atoms with Crippen LogP contribution in [0.2, 0.25) is 0 Å². The van der Waals surface area contributed by atoms with Crippen LogP contribution in [0.4, 0.5) is 0 Å². The minimum absolute atomic E-state index is 0.305. The minimum Gasteiger partial charge on any atom is -0.496 e. The summed E-state index contributed by atoms with van der Waals surface area (Å²) in [5.41, 5.74) is 2.38. The molecule has 3 rings (SSSR count). The molecule has 0 aromatic heterocycles. The first-order valence-corrected chi connectivity index (χ1v) is 8.75. The van der Waals surface area contributed by atoms with Gasteiger partial charge in [-0.15, -0.1) is 0 Å². The molecule has 0 atom stereocenters. The van der Waals surface area contributed by atoms with E-state index in [1.165, 1.54) is 11.1 Å². The number of ether oxygens (including phenoxy) is 3. The van der Waals surface area contributed by atoms with Gasteiger partial charge >= 0.3 is 0 Å². The lowest BCUT2D eigenvalue weighted by atomic mass is 10.1. The van der Waals surface area contributed by atoms with Crippen LogP contribution in [0.3, 0.4) is 0 Å². The number of benzene rings is 2. The van der Waals surface area contributed by atoms with E-state index >= 15 is 0 Å². The normalized spacial score (nSPS) is 12.8. The van der Waals surface area contributed by atoms with E-state index in [1.807, 2.05) is 30.3 Å². The average molecular weight is 355 g/mol. The molecule has 1 heterocycles. The van der Waals surface area contributed by atoms with Gasteiger partial charge in [-0.3, -0.25) is 4.99 Å². The van der Waals surface area contributed by atoms with Crippen LogP contribution in [0.15, 0.2) is 47.5 Å². The highest BCUT2D eigenvalue weighted by Crippen LogP contribution is 2.32. The lowest BCUT2D eigenvalue weighted by Gasteiger charge is -2.13. The van der Waals surface area contributed by atoms with Gasteiger partial charge in [0.2, 0.25) is 6.79 Å². The van der Waals surface area contributed by atoms with Crippen molar-refractivity contribution in [2.75, 3.05) is 34.0 Å². The third-order valence-electron chi connectivity index (χ3n) is 4.25. The number of methoxy groups -OCH3 is 1. The molecule has 0 unspecified atom stereocenters. The molecule has 0 amide bonds. The molecule has 0 spiro atoms. The molecule has 2 N–H and O–H groups in total. The molecule has 0 saturated heterocycles. The average Bonchev–Trinajstić information content (AvgIpc) is 3.15. The number of guanidine groups is 1. The van der Waals surface area contributed by atoms with Crippen molar-refractivity contribution < 1.29 is 14.2 Å². The number of nitrogens with one attached hydrogen (secondary N) is 2. The van der Waals surface area contributed by atoms with Crippen molar-refractivity contribution in [3.8, 4) is 17.2 Å². The fraction of sp³-hybridized carbons (Fsp3) is 0.350. The number of nitrogens with zero attached hydrogens (tertiary/aromatic N) is 1. The zero-order valence-electron chi connectivity index (χ0n) is 15.2. The number of para-hydroxylation sites is 1. The first kappa shape index (κ1) is 17.9. The van der Waals surface area contributed by atoms with Gasteiger partial charge in [0.25, 0.3) is 0 Å². The van der Waals surface area contributed by atoms with Gasteiger partial charge in [0.05, 0.1) is 7.11 Å². The maximum atomic E-state index is 5.41. The Morgan fingerprint density at radius 1 is 1.04 bits per heavy atom. The maximum absolute atomic E-state index is 5.41. The molecule has 0 aliphatic carbocycles. The highest BCUT2D eigenvalue weighted by atomic mass is 16.7. The molecule has 1 aliphatic rings. The van der Waals surface area contributed by atoms with Crippen LogP contribution in [0.25, 0.3) is 0 Å². The second-order valence-corrected chi connectivity index (χ2v) is 5.93. The molecule has 6 nitrogen and oxygen atoms in total. The summed E-state index contributed by atoms with van der Waals surface area (Å²) in [6.45, 7) is 1.87. The van der Waals surface area contributed by atoms with Gasteiger partial charge < -0.3 is 24.8 Å². The molecule has 0 saturated carbocycles. The van der Waals surface area contributed by atoms with Crippen molar-refractivity contribution in [1.29, 1.82) is 0 Å². The van der Waals surface area contributed by atoms with Crippen molar-refractivity contribution in [3.63, 3.8) is 0 Å². The van der Waals surface area contributed by atoms with Crippen molar-refractivity contribution in [1.82, 2.24) is 10.6 Å². The predicted molar refractivity (Wildman–Crippen MR) is 102 cm³/mol. The minimum atomic E-state index is 0.305. The van der Waals surface area contributed by atoms with Gasteiger partial charge in [0, 0.05) is 20.1 Å². The maximum Gasteiger partial charge on any atom is 0.231 e. The van der Waals surface area contributed by atoms with Crippen LogP contribution in [0.1, 0.15) is 11.1 Å². The fourth-order valence-corrected chi connectivity index (χ4v) is 2.87. The first-order valence-electron chi connectivity index (χ1n) is 8.75. The molecule has 1 aliphatic heterocycles. The van der Waals surface area contributed by atoms with E-state index in [4.69, 9.17) is 14.2 Å². The Morgan fingerprint density at radius 2 is 1.81 bits per heavy atom. The van der Waals surface area contributed by atoms with Gasteiger partial charge in [0.15, 0.2) is 17.5 Å². The number of hydrogen-bond acceptors (Lipinski definition) is 4. The first-order chi connectivity index (χ1) is 12.8. The Balaban J connectivity index is 1.42. The molecule has 0 fully saturated rings. The van der Waals surface area contributed by atoms with E-state index in [2.05, 4.69) is 27.8 Å². The number of fused-ring (bicyclic) bond motifs is 1. The second-order valence-electron chi connectivity index (χ2n) is 5.93. The highest BCUT2D eigenvalue weighted by molar-refractivity contribution is 5.79. The number of rotatable bonds is 7. The van der Waals surface area contributed by atoms with E-state index in [9.17, 15) is 0 Å². The van der Waals surface area contributed by atoms with Crippen molar-refractivity contribution in [3.05, 3.63) is 53.6 Å². The Hall–Kier alpha value is -2.89. The Morgan fingerprint density at radius 3 is 2.62 bits per heavy atom. The Bertz CT molecular complexity index is 762. The van der Waals surface area contributed by atoms with E-state index in [-0.39, 0.29) is 0 Å². The van der Waals surface area contributed by atoms with Gasteiger partial charge in [-0.2, -0.15) is 0 Å². The van der Waals surface area contributed by atoms with Crippen LogP contribution in [-0.4, -0.2) is 40.0 Å². The number of hydrogen-bond donors (Lipinski definition) is 2. The lowest BCUT2D eigenvalue weighted by molar-refractivity contribution is 0.174. The molecular weight excluding hydrogens is 330 g/mol. The SMILES string of the molecule is CN=C(NCCc1ccc2c(c1)OCO2)NCCc1ccccc1OC. The van der Waals surface area contributed by atoms with Crippen LogP contribution in [0.5, 0.6) is 17.2 Å². The summed E-state index contributed by atoms with van der Waals surface area (Å²) in [6, 6.07) is 14.1. The fourth-order valence-electron chi connectivity index (χ4n) is 2.87. The third kappa shape index (κ3) is 4.59. The molecule has 2 aromatic carbocycles. The van der Waals surface area contributed by atoms with Crippen LogP contribution in [0, 0.1) is 0 Å². The highest BCUT2D eigenvalue weighted by Gasteiger charge is 2.12. The standard InChI is InChI=1S/C20H25N3O3/c1-21-20(23-12-10-16-5-3-4-6-17(16)24-2)22-11-9-15-7-8-18-19(13-15)26-14-25-18/h3-8,13H,9-12,14H2,1-2H3,(H2,21,22,23). The van der Waals surface area contributed by atoms with E-state index in [0.717, 1.165) is 49.1 Å². The summed E-state index contributed by atoms with van der Waals surface area (Å²) >= 11 is 0. The van der Waals surface area contributed by atoms with Gasteiger partial charge in [-0.25, -0.2) is 0 Å². The smallest absolute Gasteiger partial charge is 0.231 e. The number of aliphatic imine (C=N–C) groups is 1. The Kier molecular flexibility index (Phi) is 6.19. The quantitative estimate of drug-likeness (QED) is 0.590. The second kappa shape index (κ2) is 8.99. The molecule has 26 heavy (non-hydrogen) atoms. The van der Waals surface area contributed by atoms with Gasteiger partial charge in [-0.1, -0.05) is 24.3 Å². The van der Waals surface area contributed by atoms with Crippen molar-refractivity contribution in [2.45, 2.75) is 12.8 Å². The van der Waals surface area contributed by atoms with E-state index in [0.29, 0.717) is 6.79 Å². The van der Waals surface area contributed by atoms with Crippen LogP contribution >= 0.6 is 0 Å². The van der Waals surface area contributed by atoms with Crippen molar-refractivity contribution in [2.24, 2.45) is 4.99 Å². The predicted octanol–water partition coefficient (Wildman–Crippen LogP) is 2.37. The summed E-state index contributed by atoms with van der Waals surface area (Å²) in [5, 5.41) is 6.67. The van der Waals surface area contributed by atoms with Crippen molar-refractivity contribution >= 4 is 5.96 Å². The zero-order chi connectivity index (χ0) is 18.2. The van der Waals surface area contributed by atoms with E-state index in [1.54, 1.807) is 14.2 Å². The Labute approximate surface area is 154 Å². The summed E-state index contributed by atoms with van der Waals surface area (Å²) in [4.78, 5) is 4.27. The largest absolute Gasteiger partial charge is 0.496 e. The third-order valence-corrected chi connectivity index (χ3v) is 4.25. The molecule has 138 valence electrons. The summed E-state index contributed by atoms with van der Waals surface area (Å²) < 4.78 is 16.1. The molecule has 0 radical (unpaired) electrons. The molecule has 0 bridgehead atoms. The molecule has 6 heteroatoms. The van der Waals surface area contributed by atoms with Gasteiger partial charge in [-0.05, 0) is 42.2 Å². The summed E-state index contributed by atoms with van der Waals surface area (Å²) in [6.07, 6.45) is 1.75. The zero-order valence-corrected chi connectivity index (χ0v) is 15.2. The molecule has 2 aromatic rings.